The average molecular weight is 680 g/mol. The number of hydroxylamine groups is 3. The normalized spacial score (nSPS) is 18.2. The van der Waals surface area contributed by atoms with E-state index in [-0.39, 0.29) is 61.8 Å². The number of carbonyl (C=O) groups is 4. The number of carbonyl (C=O) groups excluding carboxylic acids is 3. The largest absolute Gasteiger partial charge is 0.556 e. The molecule has 3 aromatic rings. The van der Waals surface area contributed by atoms with Gasteiger partial charge >= 0.3 is 12.1 Å². The van der Waals surface area contributed by atoms with Crippen LogP contribution in [0.15, 0.2) is 48.5 Å². The minimum atomic E-state index is -1.36. The van der Waals surface area contributed by atoms with Crippen molar-refractivity contribution in [3.63, 3.8) is 0 Å². The van der Waals surface area contributed by atoms with Crippen LogP contribution in [0.1, 0.15) is 67.0 Å². The van der Waals surface area contributed by atoms with E-state index in [1.165, 1.54) is 44.6 Å². The van der Waals surface area contributed by atoms with Gasteiger partial charge in [-0.25, -0.2) is 4.79 Å². The van der Waals surface area contributed by atoms with Crippen LogP contribution in [0.5, 0.6) is 23.0 Å². The van der Waals surface area contributed by atoms with Gasteiger partial charge in [-0.1, -0.05) is 12.1 Å². The van der Waals surface area contributed by atoms with E-state index in [1.807, 2.05) is 13.8 Å². The highest BCUT2D eigenvalue weighted by atomic mass is 16.8. The first kappa shape index (κ1) is 35.1. The zero-order chi connectivity index (χ0) is 35.1. The first-order valence-electron chi connectivity index (χ1n) is 15.6. The molecule has 14 nitrogen and oxygen atoms in total. The predicted octanol–water partition coefficient (Wildman–Crippen LogP) is 4.78. The number of ketones is 1. The molecule has 2 N–H and O–H groups in total. The molecular weight excluding hydrogens is 640 g/mol. The predicted molar refractivity (Wildman–Crippen MR) is 172 cm³/mol. The fourth-order valence-electron chi connectivity index (χ4n) is 5.87. The van der Waals surface area contributed by atoms with Crippen molar-refractivity contribution >= 4 is 23.8 Å². The molecule has 14 heteroatoms. The molecule has 2 atom stereocenters. The molecule has 0 spiro atoms. The van der Waals surface area contributed by atoms with Crippen LogP contribution in [0.25, 0.3) is 0 Å². The maximum absolute atomic E-state index is 13.5. The van der Waals surface area contributed by atoms with E-state index in [9.17, 15) is 24.3 Å². The van der Waals surface area contributed by atoms with Crippen LogP contribution in [0, 0.1) is 13.8 Å². The number of nitrogens with one attached hydrogen (secondary N) is 1. The highest BCUT2D eigenvalue weighted by molar-refractivity contribution is 6.11. The maximum Gasteiger partial charge on any atom is 0.556 e. The molecule has 1 saturated heterocycles. The van der Waals surface area contributed by atoms with Crippen molar-refractivity contribution < 1.29 is 62.2 Å². The van der Waals surface area contributed by atoms with E-state index in [0.29, 0.717) is 42.1 Å². The highest BCUT2D eigenvalue weighted by Gasteiger charge is 2.46. The average Bonchev–Trinajstić information content (AvgIpc) is 3.45. The van der Waals surface area contributed by atoms with E-state index in [1.54, 1.807) is 18.2 Å². The molecule has 0 radical (unpaired) electrons. The van der Waals surface area contributed by atoms with E-state index >= 15 is 0 Å². The van der Waals surface area contributed by atoms with Crippen LogP contribution in [0.3, 0.4) is 0 Å². The minimum absolute atomic E-state index is 0.00960. The SMILES string of the molecule is COCOc1cc2c(cc1C(=O)c1ccc(C(=O)O[N+]3(C(=O)O)CCCCC(NC(=O)c4cc(C)c(OCOC)c(C)c4)C3)cc1)OCO2. The summed E-state index contributed by atoms with van der Waals surface area (Å²) >= 11 is 0. The van der Waals surface area contributed by atoms with Gasteiger partial charge in [0.25, 0.3) is 5.91 Å². The summed E-state index contributed by atoms with van der Waals surface area (Å²) in [6.07, 6.45) is 0.200. The monoisotopic (exact) mass is 679 g/mol. The van der Waals surface area contributed by atoms with Crippen LogP contribution < -0.4 is 24.3 Å². The van der Waals surface area contributed by atoms with E-state index in [2.05, 4.69) is 5.32 Å². The molecule has 260 valence electrons. The summed E-state index contributed by atoms with van der Waals surface area (Å²) in [5.41, 5.74) is 2.37. The first-order valence-corrected chi connectivity index (χ1v) is 15.6. The molecule has 2 aliphatic heterocycles. The Balaban J connectivity index is 1.30. The molecule has 0 saturated carbocycles. The Kier molecular flexibility index (Phi) is 11.0. The van der Waals surface area contributed by atoms with Crippen LogP contribution in [0.4, 0.5) is 4.79 Å². The van der Waals surface area contributed by atoms with Gasteiger partial charge in [0, 0.05) is 37.8 Å². The quantitative estimate of drug-likeness (QED) is 0.162. The van der Waals surface area contributed by atoms with E-state index in [0.717, 1.165) is 11.1 Å². The second-order valence-corrected chi connectivity index (χ2v) is 11.8. The third kappa shape index (κ3) is 7.94. The van der Waals surface area contributed by atoms with Gasteiger partial charge in [0.2, 0.25) is 6.79 Å². The fourth-order valence-corrected chi connectivity index (χ4v) is 5.87. The molecule has 2 amide bonds. The molecule has 5 rings (SSSR count). The topological polar surface area (TPSA) is 165 Å². The Labute approximate surface area is 282 Å². The number of rotatable bonds is 11. The molecular formula is C35H39N2O12+. The Morgan fingerprint density at radius 1 is 0.857 bits per heavy atom. The lowest BCUT2D eigenvalue weighted by atomic mass is 10.0. The molecule has 49 heavy (non-hydrogen) atoms. The summed E-state index contributed by atoms with van der Waals surface area (Å²) < 4.78 is 30.9. The van der Waals surface area contributed by atoms with Crippen molar-refractivity contribution in [2.24, 2.45) is 0 Å². The van der Waals surface area contributed by atoms with Gasteiger partial charge in [-0.15, -0.1) is 0 Å². The lowest BCUT2D eigenvalue weighted by molar-refractivity contribution is -1.03. The van der Waals surface area contributed by atoms with Crippen molar-refractivity contribution in [3.8, 4) is 23.0 Å². The molecule has 0 aliphatic carbocycles. The van der Waals surface area contributed by atoms with Crippen molar-refractivity contribution in [2.75, 3.05) is 47.7 Å². The number of methoxy groups -OCH3 is 2. The summed E-state index contributed by atoms with van der Waals surface area (Å²) in [6, 6.07) is 11.5. The zero-order valence-corrected chi connectivity index (χ0v) is 27.7. The lowest BCUT2D eigenvalue weighted by Crippen LogP contribution is -2.58. The lowest BCUT2D eigenvalue weighted by Gasteiger charge is -2.30. The number of nitrogens with zero attached hydrogens (tertiary/aromatic N) is 1. The van der Waals surface area contributed by atoms with Crippen molar-refractivity contribution in [1.29, 1.82) is 0 Å². The molecule has 3 aromatic carbocycles. The summed E-state index contributed by atoms with van der Waals surface area (Å²) in [4.78, 5) is 58.5. The van der Waals surface area contributed by atoms with Gasteiger partial charge in [-0.3, -0.25) is 14.4 Å². The number of ether oxygens (including phenoxy) is 6. The number of carboxylic acid groups (broad SMARTS) is 1. The fraction of sp³-hybridized carbons (Fsp3) is 0.371. The van der Waals surface area contributed by atoms with Crippen LogP contribution in [-0.2, 0) is 14.3 Å². The summed E-state index contributed by atoms with van der Waals surface area (Å²) in [5, 5.41) is 13.3. The Bertz CT molecular complexity index is 1700. The number of fused-ring (bicyclic) bond motifs is 1. The van der Waals surface area contributed by atoms with Gasteiger partial charge < -0.3 is 38.8 Å². The number of hydrogen-bond donors (Lipinski definition) is 2. The Morgan fingerprint density at radius 2 is 1.49 bits per heavy atom. The third-order valence-electron chi connectivity index (χ3n) is 8.26. The number of likely N-dealkylation sites (tertiary alicyclic amines) is 1. The molecule has 0 bridgehead atoms. The molecule has 2 aliphatic rings. The van der Waals surface area contributed by atoms with Crippen LogP contribution in [-0.4, -0.2) is 87.2 Å². The maximum atomic E-state index is 13.5. The van der Waals surface area contributed by atoms with Gasteiger partial charge in [0.1, 0.15) is 18.0 Å². The van der Waals surface area contributed by atoms with Gasteiger partial charge in [-0.05, 0) is 72.8 Å². The highest BCUT2D eigenvalue weighted by Crippen LogP contribution is 2.39. The smallest absolute Gasteiger partial charge is 0.467 e. The van der Waals surface area contributed by atoms with Crippen LogP contribution >= 0.6 is 0 Å². The first-order chi connectivity index (χ1) is 23.5. The zero-order valence-electron chi connectivity index (χ0n) is 27.7. The van der Waals surface area contributed by atoms with Gasteiger partial charge in [0.15, 0.2) is 37.4 Å². The summed E-state index contributed by atoms with van der Waals surface area (Å²) in [7, 11) is 2.97. The summed E-state index contributed by atoms with van der Waals surface area (Å²) in [6.45, 7) is 3.46. The number of benzene rings is 3. The Hall–Kier alpha value is -5.18. The molecule has 0 aromatic heterocycles. The Morgan fingerprint density at radius 3 is 2.14 bits per heavy atom. The second kappa shape index (κ2) is 15.4. The minimum Gasteiger partial charge on any atom is -0.467 e. The standard InChI is InChI=1S/C35H38N2O12/c1-21-13-25(14-22(2)32(21)48-19-44-4)33(39)36-26-7-5-6-12-37(17-26,35(41)42)49-34(40)24-10-8-23(9-11-24)31(38)27-15-29-30(47-20-46-29)16-28(27)45-18-43-3/h8-11,13-16,26H,5-7,12,17-20H2,1-4H3,(H-,36,39,41,42)/p+1. The second-order valence-electron chi connectivity index (χ2n) is 11.8. The van der Waals surface area contributed by atoms with E-state index < -0.39 is 28.5 Å². The molecule has 1 fully saturated rings. The summed E-state index contributed by atoms with van der Waals surface area (Å²) in [5.74, 6) is -0.0193. The number of hydrogen-bond acceptors (Lipinski definition) is 11. The molecule has 2 heterocycles. The molecule has 2 unspecified atom stereocenters. The van der Waals surface area contributed by atoms with Crippen LogP contribution in [0.2, 0.25) is 0 Å². The van der Waals surface area contributed by atoms with Crippen molar-refractivity contribution in [3.05, 3.63) is 81.9 Å². The number of quaternary nitrogens is 1. The van der Waals surface area contributed by atoms with Crippen molar-refractivity contribution in [2.45, 2.75) is 39.2 Å². The van der Waals surface area contributed by atoms with Crippen molar-refractivity contribution in [1.82, 2.24) is 5.32 Å². The van der Waals surface area contributed by atoms with E-state index in [4.69, 9.17) is 33.3 Å². The van der Waals surface area contributed by atoms with Gasteiger partial charge in [-0.2, -0.15) is 4.79 Å². The van der Waals surface area contributed by atoms with Gasteiger partial charge in [0.05, 0.1) is 17.2 Å². The third-order valence-corrected chi connectivity index (χ3v) is 8.26. The number of amides is 2. The number of aryl methyl sites for hydroxylation is 2.